The molecule has 1 amide bonds. The minimum Gasteiger partial charge on any atom is -0.481 e. The molecule has 136 valence electrons. The van der Waals surface area contributed by atoms with E-state index >= 15 is 0 Å². The maximum atomic E-state index is 12.5. The topological polar surface area (TPSA) is 83.9 Å². The quantitative estimate of drug-likeness (QED) is 0.844. The summed E-state index contributed by atoms with van der Waals surface area (Å²) >= 11 is 0. The van der Waals surface area contributed by atoms with E-state index in [4.69, 9.17) is 4.74 Å². The molecule has 0 bridgehead atoms. The van der Waals surface area contributed by atoms with Gasteiger partial charge in [0.1, 0.15) is 5.60 Å². The van der Waals surface area contributed by atoms with Gasteiger partial charge in [-0.2, -0.15) is 0 Å². The molecule has 0 aliphatic carbocycles. The van der Waals surface area contributed by atoms with E-state index in [-0.39, 0.29) is 18.7 Å². The Balaban J connectivity index is 2.17. The van der Waals surface area contributed by atoms with Crippen LogP contribution >= 0.6 is 0 Å². The molecule has 1 aliphatic heterocycles. The summed E-state index contributed by atoms with van der Waals surface area (Å²) in [5.41, 5.74) is -1.44. The molecule has 0 aromatic heterocycles. The molecule has 2 rings (SSSR count). The number of Topliss-reactive ketones (excluding diaryl/α,β-unsaturated/α-hetero) is 1. The molecule has 0 spiro atoms. The summed E-state index contributed by atoms with van der Waals surface area (Å²) in [5.74, 6) is -1.28. The van der Waals surface area contributed by atoms with Crippen LogP contribution in [0.3, 0.4) is 0 Å². The number of carboxylic acids is 1. The number of amides is 1. The summed E-state index contributed by atoms with van der Waals surface area (Å²) in [6, 6.07) is 8.64. The van der Waals surface area contributed by atoms with Gasteiger partial charge in [0.2, 0.25) is 0 Å². The zero-order valence-corrected chi connectivity index (χ0v) is 14.9. The van der Waals surface area contributed by atoms with Crippen molar-refractivity contribution in [2.75, 3.05) is 13.1 Å². The van der Waals surface area contributed by atoms with Gasteiger partial charge in [0.05, 0.1) is 5.41 Å². The second-order valence-corrected chi connectivity index (χ2v) is 7.56. The molecule has 1 saturated heterocycles. The fraction of sp³-hybridized carbons (Fsp3) is 0.526. The Labute approximate surface area is 147 Å². The summed E-state index contributed by atoms with van der Waals surface area (Å²) < 4.78 is 5.35. The summed E-state index contributed by atoms with van der Waals surface area (Å²) in [7, 11) is 0. The summed E-state index contributed by atoms with van der Waals surface area (Å²) in [6.07, 6.45) is 0.212. The molecule has 1 aliphatic rings. The van der Waals surface area contributed by atoms with Gasteiger partial charge in [0.15, 0.2) is 5.78 Å². The maximum absolute atomic E-state index is 12.5. The lowest BCUT2D eigenvalue weighted by Gasteiger charge is -2.40. The van der Waals surface area contributed by atoms with Crippen molar-refractivity contribution in [1.29, 1.82) is 0 Å². The van der Waals surface area contributed by atoms with Crippen LogP contribution < -0.4 is 0 Å². The maximum Gasteiger partial charge on any atom is 0.410 e. The molecule has 0 saturated carbocycles. The Morgan fingerprint density at radius 1 is 1.20 bits per heavy atom. The number of rotatable bonds is 4. The first-order chi connectivity index (χ1) is 11.6. The molecule has 1 atom stereocenters. The van der Waals surface area contributed by atoms with Gasteiger partial charge in [-0.3, -0.25) is 9.59 Å². The number of benzene rings is 1. The molecule has 1 unspecified atom stereocenters. The Morgan fingerprint density at radius 2 is 1.84 bits per heavy atom. The zero-order valence-electron chi connectivity index (χ0n) is 14.9. The average Bonchev–Trinajstić information content (AvgIpc) is 2.54. The molecular formula is C19H25NO5. The highest BCUT2D eigenvalue weighted by molar-refractivity contribution is 5.99. The van der Waals surface area contributed by atoms with Crippen LogP contribution in [0.2, 0.25) is 0 Å². The fourth-order valence-electron chi connectivity index (χ4n) is 3.04. The number of aliphatic carboxylic acids is 1. The highest BCUT2D eigenvalue weighted by atomic mass is 16.6. The monoisotopic (exact) mass is 347 g/mol. The van der Waals surface area contributed by atoms with E-state index in [0.29, 0.717) is 24.9 Å². The number of carbonyl (C=O) groups excluding carboxylic acids is 2. The van der Waals surface area contributed by atoms with Gasteiger partial charge in [-0.05, 0) is 33.6 Å². The van der Waals surface area contributed by atoms with Crippen LogP contribution in [0.15, 0.2) is 30.3 Å². The van der Waals surface area contributed by atoms with Gasteiger partial charge in [0, 0.05) is 25.1 Å². The first-order valence-corrected chi connectivity index (χ1v) is 8.43. The zero-order chi connectivity index (χ0) is 18.7. The number of hydrogen-bond donors (Lipinski definition) is 1. The minimum atomic E-state index is -1.28. The van der Waals surface area contributed by atoms with Crippen molar-refractivity contribution in [3.05, 3.63) is 35.9 Å². The predicted octanol–water partition coefficient (Wildman–Crippen LogP) is 3.36. The molecule has 1 aromatic rings. The van der Waals surface area contributed by atoms with Gasteiger partial charge < -0.3 is 14.7 Å². The van der Waals surface area contributed by atoms with Crippen LogP contribution in [0.5, 0.6) is 0 Å². The molecule has 6 nitrogen and oxygen atoms in total. The van der Waals surface area contributed by atoms with E-state index in [2.05, 4.69) is 0 Å². The average molecular weight is 347 g/mol. The number of carbonyl (C=O) groups is 3. The minimum absolute atomic E-state index is 0.0180. The third-order valence-electron chi connectivity index (χ3n) is 4.28. The third-order valence-corrected chi connectivity index (χ3v) is 4.28. The lowest BCUT2D eigenvalue weighted by molar-refractivity contribution is -0.152. The fourth-order valence-corrected chi connectivity index (χ4v) is 3.04. The number of hydrogen-bond acceptors (Lipinski definition) is 4. The molecule has 1 heterocycles. The molecule has 6 heteroatoms. The van der Waals surface area contributed by atoms with Gasteiger partial charge in [-0.25, -0.2) is 4.79 Å². The van der Waals surface area contributed by atoms with Gasteiger partial charge in [0.25, 0.3) is 0 Å². The Morgan fingerprint density at radius 3 is 2.40 bits per heavy atom. The normalized spacial score (nSPS) is 20.8. The van der Waals surface area contributed by atoms with Crippen molar-refractivity contribution >= 4 is 17.8 Å². The number of piperidine rings is 1. The van der Waals surface area contributed by atoms with Gasteiger partial charge in [-0.15, -0.1) is 0 Å². The van der Waals surface area contributed by atoms with Crippen LogP contribution in [0.1, 0.15) is 50.4 Å². The summed E-state index contributed by atoms with van der Waals surface area (Å²) in [5, 5.41) is 9.79. The van der Waals surface area contributed by atoms with Crippen LogP contribution in [-0.4, -0.2) is 46.5 Å². The molecule has 1 N–H and O–H groups in total. The van der Waals surface area contributed by atoms with E-state index in [1.165, 1.54) is 4.90 Å². The van der Waals surface area contributed by atoms with Crippen molar-refractivity contribution in [3.8, 4) is 0 Å². The van der Waals surface area contributed by atoms with Crippen molar-refractivity contribution < 1.29 is 24.2 Å². The van der Waals surface area contributed by atoms with Gasteiger partial charge >= 0.3 is 12.1 Å². The van der Waals surface area contributed by atoms with Crippen LogP contribution in [0.25, 0.3) is 0 Å². The van der Waals surface area contributed by atoms with E-state index in [1.807, 2.05) is 0 Å². The van der Waals surface area contributed by atoms with Crippen LogP contribution in [0, 0.1) is 5.41 Å². The largest absolute Gasteiger partial charge is 0.481 e. The van der Waals surface area contributed by atoms with E-state index in [9.17, 15) is 19.5 Å². The SMILES string of the molecule is CC(C)(C)OC(=O)N1CCCC(CC(=O)c2ccccc2)(C(=O)O)C1. The number of ether oxygens (including phenoxy) is 1. The Hall–Kier alpha value is -2.37. The molecule has 0 radical (unpaired) electrons. The van der Waals surface area contributed by atoms with Gasteiger partial charge in [-0.1, -0.05) is 30.3 Å². The number of nitrogens with zero attached hydrogens (tertiary/aromatic N) is 1. The Kier molecular flexibility index (Phi) is 5.50. The molecule has 1 fully saturated rings. The second kappa shape index (κ2) is 7.25. The van der Waals surface area contributed by atoms with Crippen molar-refractivity contribution in [2.45, 2.75) is 45.6 Å². The van der Waals surface area contributed by atoms with Crippen molar-refractivity contribution in [1.82, 2.24) is 4.90 Å². The highest BCUT2D eigenvalue weighted by Gasteiger charge is 2.46. The summed E-state index contributed by atoms with van der Waals surface area (Å²) in [6.45, 7) is 5.70. The third kappa shape index (κ3) is 4.81. The second-order valence-electron chi connectivity index (χ2n) is 7.56. The number of ketones is 1. The molecule has 1 aromatic carbocycles. The number of likely N-dealkylation sites (tertiary alicyclic amines) is 1. The first kappa shape index (κ1) is 19.0. The lowest BCUT2D eigenvalue weighted by Crippen LogP contribution is -2.51. The molecule has 25 heavy (non-hydrogen) atoms. The van der Waals surface area contributed by atoms with E-state index < -0.39 is 23.1 Å². The van der Waals surface area contributed by atoms with Crippen molar-refractivity contribution in [2.24, 2.45) is 5.41 Å². The van der Waals surface area contributed by atoms with Crippen LogP contribution in [0.4, 0.5) is 4.79 Å². The van der Waals surface area contributed by atoms with Crippen molar-refractivity contribution in [3.63, 3.8) is 0 Å². The smallest absolute Gasteiger partial charge is 0.410 e. The standard InChI is InChI=1S/C19H25NO5/c1-18(2,3)25-17(24)20-11-7-10-19(13-20,16(22)23)12-15(21)14-8-5-4-6-9-14/h4-6,8-9H,7,10-13H2,1-3H3,(H,22,23). The lowest BCUT2D eigenvalue weighted by atomic mass is 9.75. The summed E-state index contributed by atoms with van der Waals surface area (Å²) in [4.78, 5) is 38.2. The Bertz CT molecular complexity index is 650. The molecular weight excluding hydrogens is 322 g/mol. The number of carboxylic acid groups (broad SMARTS) is 1. The first-order valence-electron chi connectivity index (χ1n) is 8.43. The van der Waals surface area contributed by atoms with E-state index in [1.54, 1.807) is 51.1 Å². The predicted molar refractivity (Wildman–Crippen MR) is 92.5 cm³/mol. The van der Waals surface area contributed by atoms with E-state index in [0.717, 1.165) is 0 Å². The van der Waals surface area contributed by atoms with Crippen LogP contribution in [-0.2, 0) is 9.53 Å². The highest BCUT2D eigenvalue weighted by Crippen LogP contribution is 2.35.